The molecule has 0 fully saturated rings. The van der Waals surface area contributed by atoms with Crippen molar-refractivity contribution >= 4 is 33.4 Å². The van der Waals surface area contributed by atoms with Gasteiger partial charge in [0.2, 0.25) is 5.91 Å². The summed E-state index contributed by atoms with van der Waals surface area (Å²) in [6, 6.07) is 14.3. The quantitative estimate of drug-likeness (QED) is 0.759. The van der Waals surface area contributed by atoms with Gasteiger partial charge in [0.1, 0.15) is 5.75 Å². The van der Waals surface area contributed by atoms with Crippen molar-refractivity contribution in [2.45, 2.75) is 13.3 Å². The van der Waals surface area contributed by atoms with E-state index < -0.39 is 0 Å². The van der Waals surface area contributed by atoms with Crippen molar-refractivity contribution in [2.75, 3.05) is 25.5 Å². The Labute approximate surface area is 156 Å². The molecule has 2 rings (SSSR count). The third kappa shape index (κ3) is 5.60. The molecule has 0 unspecified atom stereocenters. The highest BCUT2D eigenvalue weighted by Crippen LogP contribution is 2.21. The Morgan fingerprint density at radius 2 is 1.92 bits per heavy atom. The molecule has 0 bridgehead atoms. The molecule has 6 heteroatoms. The van der Waals surface area contributed by atoms with Crippen LogP contribution in [-0.4, -0.2) is 36.9 Å². The lowest BCUT2D eigenvalue weighted by Gasteiger charge is -2.17. The first kappa shape index (κ1) is 19.0. The molecule has 25 heavy (non-hydrogen) atoms. The molecule has 1 N–H and O–H groups in total. The van der Waals surface area contributed by atoms with Crippen LogP contribution >= 0.6 is 15.9 Å². The Morgan fingerprint density at radius 1 is 1.16 bits per heavy atom. The Morgan fingerprint density at radius 3 is 2.64 bits per heavy atom. The summed E-state index contributed by atoms with van der Waals surface area (Å²) in [6.07, 6.45) is 0.896. The first-order chi connectivity index (χ1) is 12.0. The van der Waals surface area contributed by atoms with Crippen molar-refractivity contribution in [3.05, 3.63) is 58.6 Å². The third-order valence-corrected chi connectivity index (χ3v) is 4.12. The molecule has 0 atom stereocenters. The summed E-state index contributed by atoms with van der Waals surface area (Å²) in [5.41, 5.74) is 1.16. The second-order valence-electron chi connectivity index (χ2n) is 5.57. The van der Waals surface area contributed by atoms with E-state index in [2.05, 4.69) is 21.2 Å². The summed E-state index contributed by atoms with van der Waals surface area (Å²) in [4.78, 5) is 26.1. The van der Waals surface area contributed by atoms with E-state index in [1.165, 1.54) is 4.90 Å². The number of benzene rings is 2. The number of nitrogens with zero attached hydrogens (tertiary/aromatic N) is 1. The van der Waals surface area contributed by atoms with Crippen LogP contribution in [0.25, 0.3) is 0 Å². The molecule has 2 aromatic rings. The zero-order chi connectivity index (χ0) is 18.2. The van der Waals surface area contributed by atoms with Gasteiger partial charge in [-0.1, -0.05) is 25.1 Å². The van der Waals surface area contributed by atoms with Crippen molar-refractivity contribution < 1.29 is 14.3 Å². The Balaban J connectivity index is 1.98. The molecular formula is C19H21BrN2O3. The molecule has 2 aromatic carbocycles. The molecule has 2 amide bonds. The first-order valence-corrected chi connectivity index (χ1v) is 8.83. The van der Waals surface area contributed by atoms with Crippen LogP contribution in [0.1, 0.15) is 23.7 Å². The van der Waals surface area contributed by atoms with E-state index >= 15 is 0 Å². The molecule has 0 saturated heterocycles. The highest BCUT2D eigenvalue weighted by molar-refractivity contribution is 9.10. The number of nitrogens with one attached hydrogen (secondary N) is 1. The number of ether oxygens (including phenoxy) is 1. The number of carbonyl (C=O) groups is 2. The number of likely N-dealkylation sites (N-methyl/N-ethyl adjacent to an activating group) is 1. The zero-order valence-electron chi connectivity index (χ0n) is 14.3. The molecule has 0 aliphatic carbocycles. The first-order valence-electron chi connectivity index (χ1n) is 8.04. The molecule has 5 nitrogen and oxygen atoms in total. The Hall–Kier alpha value is -2.34. The molecule has 132 valence electrons. The summed E-state index contributed by atoms with van der Waals surface area (Å²) in [5.74, 6) is 0.157. The van der Waals surface area contributed by atoms with Crippen molar-refractivity contribution in [2.24, 2.45) is 0 Å². The number of hydrogen-bond donors (Lipinski definition) is 1. The SMILES string of the molecule is CCCOc1cccc(C(=O)N(C)CC(=O)Nc2ccccc2Br)c1. The van der Waals surface area contributed by atoms with Gasteiger partial charge in [-0.15, -0.1) is 0 Å². The third-order valence-electron chi connectivity index (χ3n) is 3.43. The maximum absolute atomic E-state index is 12.5. The number of amides is 2. The molecule has 0 spiro atoms. The summed E-state index contributed by atoms with van der Waals surface area (Å²) in [7, 11) is 1.60. The average molecular weight is 405 g/mol. The van der Waals surface area contributed by atoms with Gasteiger partial charge in [-0.05, 0) is 52.7 Å². The summed E-state index contributed by atoms with van der Waals surface area (Å²) >= 11 is 3.38. The zero-order valence-corrected chi connectivity index (χ0v) is 15.9. The predicted octanol–water partition coefficient (Wildman–Crippen LogP) is 3.95. The van der Waals surface area contributed by atoms with Gasteiger partial charge in [0, 0.05) is 17.1 Å². The molecule has 0 saturated carbocycles. The maximum Gasteiger partial charge on any atom is 0.254 e. The minimum absolute atomic E-state index is 0.0415. The highest BCUT2D eigenvalue weighted by atomic mass is 79.9. The highest BCUT2D eigenvalue weighted by Gasteiger charge is 2.16. The van der Waals surface area contributed by atoms with E-state index in [9.17, 15) is 9.59 Å². The molecule has 0 aliphatic heterocycles. The average Bonchev–Trinajstić information content (AvgIpc) is 2.61. The van der Waals surface area contributed by atoms with Crippen LogP contribution in [0.3, 0.4) is 0 Å². The fourth-order valence-electron chi connectivity index (χ4n) is 2.20. The molecule has 0 aromatic heterocycles. The molecule has 0 radical (unpaired) electrons. The van der Waals surface area contributed by atoms with Gasteiger partial charge >= 0.3 is 0 Å². The lowest BCUT2D eigenvalue weighted by atomic mass is 10.2. The van der Waals surface area contributed by atoms with Crippen LogP contribution in [0.4, 0.5) is 5.69 Å². The Kier molecular flexibility index (Phi) is 7.01. The van der Waals surface area contributed by atoms with Crippen LogP contribution < -0.4 is 10.1 Å². The van der Waals surface area contributed by atoms with Crippen molar-refractivity contribution in [1.82, 2.24) is 4.90 Å². The molecular weight excluding hydrogens is 384 g/mol. The van der Waals surface area contributed by atoms with E-state index in [0.29, 0.717) is 23.6 Å². The smallest absolute Gasteiger partial charge is 0.254 e. The van der Waals surface area contributed by atoms with E-state index in [-0.39, 0.29) is 18.4 Å². The topological polar surface area (TPSA) is 58.6 Å². The maximum atomic E-state index is 12.5. The van der Waals surface area contributed by atoms with Gasteiger partial charge in [0.25, 0.3) is 5.91 Å². The van der Waals surface area contributed by atoms with Crippen LogP contribution in [0, 0.1) is 0 Å². The van der Waals surface area contributed by atoms with Gasteiger partial charge < -0.3 is 15.0 Å². The normalized spacial score (nSPS) is 10.2. The van der Waals surface area contributed by atoms with Crippen LogP contribution in [0.15, 0.2) is 53.0 Å². The van der Waals surface area contributed by atoms with E-state index in [0.717, 1.165) is 10.9 Å². The second-order valence-corrected chi connectivity index (χ2v) is 6.42. The molecule has 0 aliphatic rings. The van der Waals surface area contributed by atoms with Gasteiger partial charge in [-0.25, -0.2) is 0 Å². The minimum Gasteiger partial charge on any atom is -0.494 e. The van der Waals surface area contributed by atoms with Gasteiger partial charge in [-0.3, -0.25) is 9.59 Å². The summed E-state index contributed by atoms with van der Waals surface area (Å²) < 4.78 is 6.33. The van der Waals surface area contributed by atoms with Crippen molar-refractivity contribution in [3.63, 3.8) is 0 Å². The fourth-order valence-corrected chi connectivity index (χ4v) is 2.58. The monoisotopic (exact) mass is 404 g/mol. The van der Waals surface area contributed by atoms with Crippen molar-refractivity contribution in [1.29, 1.82) is 0 Å². The summed E-state index contributed by atoms with van der Waals surface area (Å²) in [5, 5.41) is 2.78. The molecule has 0 heterocycles. The van der Waals surface area contributed by atoms with Crippen LogP contribution in [0.5, 0.6) is 5.75 Å². The Bertz CT molecular complexity index is 749. The van der Waals surface area contributed by atoms with Gasteiger partial charge in [-0.2, -0.15) is 0 Å². The van der Waals surface area contributed by atoms with Crippen LogP contribution in [0.2, 0.25) is 0 Å². The fraction of sp³-hybridized carbons (Fsp3) is 0.263. The number of hydrogen-bond acceptors (Lipinski definition) is 3. The lowest BCUT2D eigenvalue weighted by Crippen LogP contribution is -2.35. The lowest BCUT2D eigenvalue weighted by molar-refractivity contribution is -0.116. The van der Waals surface area contributed by atoms with Gasteiger partial charge in [0.15, 0.2) is 0 Å². The second kappa shape index (κ2) is 9.22. The standard InChI is InChI=1S/C19H21BrN2O3/c1-3-11-25-15-8-6-7-14(12-15)19(24)22(2)13-18(23)21-17-10-5-4-9-16(17)20/h4-10,12H,3,11,13H2,1-2H3,(H,21,23). The number of halogens is 1. The van der Waals surface area contributed by atoms with E-state index in [4.69, 9.17) is 4.74 Å². The van der Waals surface area contributed by atoms with Crippen molar-refractivity contribution in [3.8, 4) is 5.75 Å². The van der Waals surface area contributed by atoms with Gasteiger partial charge in [0.05, 0.1) is 18.8 Å². The van der Waals surface area contributed by atoms with Crippen LogP contribution in [-0.2, 0) is 4.79 Å². The number of anilines is 1. The van der Waals surface area contributed by atoms with E-state index in [1.807, 2.05) is 31.2 Å². The van der Waals surface area contributed by atoms with E-state index in [1.54, 1.807) is 31.3 Å². The minimum atomic E-state index is -0.263. The number of para-hydroxylation sites is 1. The number of carbonyl (C=O) groups excluding carboxylic acids is 2. The largest absolute Gasteiger partial charge is 0.494 e. The number of rotatable bonds is 7. The predicted molar refractivity (Wildman–Crippen MR) is 102 cm³/mol. The summed E-state index contributed by atoms with van der Waals surface area (Å²) in [6.45, 7) is 2.58.